The van der Waals surface area contributed by atoms with Gasteiger partial charge in [0.25, 0.3) is 0 Å². The number of hydrogen-bond acceptors (Lipinski definition) is 2. The Kier molecular flexibility index (Phi) is 4.56. The van der Waals surface area contributed by atoms with E-state index in [-0.39, 0.29) is 12.5 Å². The third-order valence-electron chi connectivity index (χ3n) is 2.07. The monoisotopic (exact) mass is 217 g/mol. The van der Waals surface area contributed by atoms with Crippen LogP contribution in [0.15, 0.2) is 18.2 Å². The van der Waals surface area contributed by atoms with Gasteiger partial charge in [0.15, 0.2) is 0 Å². The van der Waals surface area contributed by atoms with E-state index in [1.807, 2.05) is 25.1 Å². The maximum Gasteiger partial charge on any atom is 0.224 e. The van der Waals surface area contributed by atoms with Gasteiger partial charge >= 0.3 is 0 Å². The second kappa shape index (κ2) is 5.94. The zero-order valence-corrected chi connectivity index (χ0v) is 9.50. The Labute approximate surface area is 95.5 Å². The summed E-state index contributed by atoms with van der Waals surface area (Å²) in [7, 11) is 0. The minimum Gasteiger partial charge on any atom is -0.384 e. The first-order valence-corrected chi connectivity index (χ1v) is 5.17. The van der Waals surface area contributed by atoms with Gasteiger partial charge in [-0.15, -0.1) is 0 Å². The average Bonchev–Trinajstić information content (AvgIpc) is 2.29. The predicted octanol–water partition coefficient (Wildman–Crippen LogP) is 1.69. The lowest BCUT2D eigenvalue weighted by atomic mass is 10.1. The fourth-order valence-corrected chi connectivity index (χ4v) is 1.24. The minimum absolute atomic E-state index is 0.0455. The summed E-state index contributed by atoms with van der Waals surface area (Å²) in [6.45, 7) is 3.56. The summed E-state index contributed by atoms with van der Waals surface area (Å²) in [5.41, 5.74) is 2.49. The Morgan fingerprint density at radius 1 is 1.50 bits per heavy atom. The fourth-order valence-electron chi connectivity index (χ4n) is 1.24. The first-order chi connectivity index (χ1) is 7.67. The summed E-state index contributed by atoms with van der Waals surface area (Å²) in [5, 5.41) is 11.4. The average molecular weight is 217 g/mol. The molecule has 2 N–H and O–H groups in total. The normalized spacial score (nSPS) is 9.19. The molecular weight excluding hydrogens is 202 g/mol. The Morgan fingerprint density at radius 2 is 2.25 bits per heavy atom. The van der Waals surface area contributed by atoms with Gasteiger partial charge in [-0.3, -0.25) is 4.79 Å². The molecular formula is C13H15NO2. The topological polar surface area (TPSA) is 49.3 Å². The second-order valence-corrected chi connectivity index (χ2v) is 3.41. The van der Waals surface area contributed by atoms with Crippen LogP contribution < -0.4 is 5.32 Å². The lowest BCUT2D eigenvalue weighted by Crippen LogP contribution is -2.10. The van der Waals surface area contributed by atoms with Crippen LogP contribution in [0.5, 0.6) is 0 Å². The lowest BCUT2D eigenvalue weighted by Gasteiger charge is -2.07. The molecule has 0 aromatic heterocycles. The molecule has 0 saturated carbocycles. The summed E-state index contributed by atoms with van der Waals surface area (Å²) < 4.78 is 0. The standard InChI is InChI=1S/C13H15NO2/c1-3-13(16)14-12-7-6-10(2)9-11(12)5-4-8-15/h6-7,9,15H,3,8H2,1-2H3,(H,14,16). The van der Waals surface area contributed by atoms with Crippen LogP contribution in [0.25, 0.3) is 0 Å². The molecule has 0 heterocycles. The van der Waals surface area contributed by atoms with Crippen LogP contribution in [-0.2, 0) is 4.79 Å². The van der Waals surface area contributed by atoms with E-state index in [0.717, 1.165) is 11.1 Å². The quantitative estimate of drug-likeness (QED) is 0.740. The largest absolute Gasteiger partial charge is 0.384 e. The van der Waals surface area contributed by atoms with Gasteiger partial charge < -0.3 is 10.4 Å². The van der Waals surface area contributed by atoms with Crippen molar-refractivity contribution in [1.82, 2.24) is 0 Å². The number of benzene rings is 1. The van der Waals surface area contributed by atoms with Crippen LogP contribution in [0.4, 0.5) is 5.69 Å². The molecule has 16 heavy (non-hydrogen) atoms. The van der Waals surface area contributed by atoms with Gasteiger partial charge in [-0.05, 0) is 24.6 Å². The molecule has 0 spiro atoms. The van der Waals surface area contributed by atoms with Crippen molar-refractivity contribution in [3.8, 4) is 11.8 Å². The maximum atomic E-state index is 11.3. The number of hydrogen-bond donors (Lipinski definition) is 2. The third-order valence-corrected chi connectivity index (χ3v) is 2.07. The molecule has 84 valence electrons. The number of carbonyl (C=O) groups is 1. The Balaban J connectivity index is 3.02. The SMILES string of the molecule is CCC(=O)Nc1ccc(C)cc1C#CCO. The zero-order valence-electron chi connectivity index (χ0n) is 9.50. The van der Waals surface area contributed by atoms with Gasteiger partial charge in [0.05, 0.1) is 5.69 Å². The van der Waals surface area contributed by atoms with E-state index in [9.17, 15) is 4.79 Å². The van der Waals surface area contributed by atoms with Gasteiger partial charge in [-0.1, -0.05) is 24.8 Å². The first-order valence-electron chi connectivity index (χ1n) is 5.17. The molecule has 0 unspecified atom stereocenters. The maximum absolute atomic E-state index is 11.3. The molecule has 3 heteroatoms. The van der Waals surface area contributed by atoms with Crippen molar-refractivity contribution in [2.24, 2.45) is 0 Å². The third kappa shape index (κ3) is 3.41. The van der Waals surface area contributed by atoms with Gasteiger partial charge in [-0.25, -0.2) is 0 Å². The summed E-state index contributed by atoms with van der Waals surface area (Å²) >= 11 is 0. The summed E-state index contributed by atoms with van der Waals surface area (Å²) in [4.78, 5) is 11.3. The fraction of sp³-hybridized carbons (Fsp3) is 0.308. The zero-order chi connectivity index (χ0) is 12.0. The lowest BCUT2D eigenvalue weighted by molar-refractivity contribution is -0.115. The number of aliphatic hydroxyl groups excluding tert-OH is 1. The highest BCUT2D eigenvalue weighted by Crippen LogP contribution is 2.16. The van der Waals surface area contributed by atoms with Crippen LogP contribution in [0.1, 0.15) is 24.5 Å². The van der Waals surface area contributed by atoms with E-state index < -0.39 is 0 Å². The van der Waals surface area contributed by atoms with E-state index in [0.29, 0.717) is 12.1 Å². The molecule has 0 aliphatic heterocycles. The molecule has 0 radical (unpaired) electrons. The second-order valence-electron chi connectivity index (χ2n) is 3.41. The van der Waals surface area contributed by atoms with Crippen LogP contribution in [0.2, 0.25) is 0 Å². The molecule has 0 fully saturated rings. The van der Waals surface area contributed by atoms with Crippen molar-refractivity contribution in [3.05, 3.63) is 29.3 Å². The summed E-state index contributed by atoms with van der Waals surface area (Å²) in [6.07, 6.45) is 0.431. The van der Waals surface area contributed by atoms with Crippen molar-refractivity contribution in [2.45, 2.75) is 20.3 Å². The molecule has 1 aromatic rings. The predicted molar refractivity (Wildman–Crippen MR) is 64.1 cm³/mol. The minimum atomic E-state index is -0.185. The van der Waals surface area contributed by atoms with Crippen molar-refractivity contribution in [1.29, 1.82) is 0 Å². The van der Waals surface area contributed by atoms with Crippen LogP contribution in [0.3, 0.4) is 0 Å². The Morgan fingerprint density at radius 3 is 2.88 bits per heavy atom. The smallest absolute Gasteiger partial charge is 0.224 e. The molecule has 0 bridgehead atoms. The molecule has 0 aliphatic rings. The number of anilines is 1. The Bertz CT molecular complexity index is 441. The van der Waals surface area contributed by atoms with Gasteiger partial charge in [0.2, 0.25) is 5.91 Å². The van der Waals surface area contributed by atoms with E-state index in [4.69, 9.17) is 5.11 Å². The van der Waals surface area contributed by atoms with E-state index in [2.05, 4.69) is 17.2 Å². The molecule has 1 aromatic carbocycles. The number of aryl methyl sites for hydroxylation is 1. The van der Waals surface area contributed by atoms with Crippen molar-refractivity contribution in [2.75, 3.05) is 11.9 Å². The van der Waals surface area contributed by atoms with Crippen molar-refractivity contribution < 1.29 is 9.90 Å². The van der Waals surface area contributed by atoms with Gasteiger partial charge in [-0.2, -0.15) is 0 Å². The van der Waals surface area contributed by atoms with Crippen molar-refractivity contribution in [3.63, 3.8) is 0 Å². The number of rotatable bonds is 2. The highest BCUT2D eigenvalue weighted by Gasteiger charge is 2.03. The molecule has 0 saturated heterocycles. The highest BCUT2D eigenvalue weighted by molar-refractivity contribution is 5.92. The van der Waals surface area contributed by atoms with Gasteiger partial charge in [0, 0.05) is 12.0 Å². The van der Waals surface area contributed by atoms with Crippen LogP contribution in [-0.4, -0.2) is 17.6 Å². The summed E-state index contributed by atoms with van der Waals surface area (Å²) in [6, 6.07) is 5.62. The number of amides is 1. The molecule has 0 aliphatic carbocycles. The molecule has 0 atom stereocenters. The molecule has 3 nitrogen and oxygen atoms in total. The molecule has 1 rings (SSSR count). The highest BCUT2D eigenvalue weighted by atomic mass is 16.2. The Hall–Kier alpha value is -1.79. The van der Waals surface area contributed by atoms with E-state index in [1.165, 1.54) is 0 Å². The van der Waals surface area contributed by atoms with E-state index >= 15 is 0 Å². The van der Waals surface area contributed by atoms with Crippen LogP contribution >= 0.6 is 0 Å². The molecule has 1 amide bonds. The number of carbonyl (C=O) groups excluding carboxylic acids is 1. The first kappa shape index (κ1) is 12.3. The van der Waals surface area contributed by atoms with Gasteiger partial charge in [0.1, 0.15) is 6.61 Å². The number of nitrogens with one attached hydrogen (secondary N) is 1. The van der Waals surface area contributed by atoms with Crippen molar-refractivity contribution >= 4 is 11.6 Å². The van der Waals surface area contributed by atoms with E-state index in [1.54, 1.807) is 6.92 Å². The van der Waals surface area contributed by atoms with Crippen LogP contribution in [0, 0.1) is 18.8 Å². The summed E-state index contributed by atoms with van der Waals surface area (Å²) in [5.74, 6) is 5.35. The number of aliphatic hydroxyl groups is 1.